The van der Waals surface area contributed by atoms with Crippen LogP contribution in [0.2, 0.25) is 19.6 Å². The Kier molecular flexibility index (Phi) is 3.01. The van der Waals surface area contributed by atoms with Gasteiger partial charge in [-0.25, -0.2) is 0 Å². The molecule has 0 bridgehead atoms. The first-order chi connectivity index (χ1) is 6.40. The fourth-order valence-electron chi connectivity index (χ4n) is 1.29. The maximum Gasteiger partial charge on any atom is 0.282 e. The Morgan fingerprint density at radius 2 is 1.71 bits per heavy atom. The smallest absolute Gasteiger partial charge is 0.282 e. The Balaban J connectivity index is 3.52. The number of hydrogen-bond donors (Lipinski definition) is 2. The lowest BCUT2D eigenvalue weighted by molar-refractivity contribution is 0.298. The molecule has 0 spiro atoms. The van der Waals surface area contributed by atoms with Crippen LogP contribution >= 0.6 is 0 Å². The number of benzene rings is 1. The lowest BCUT2D eigenvalue weighted by Crippen LogP contribution is -2.31. The van der Waals surface area contributed by atoms with Crippen molar-refractivity contribution in [3.05, 3.63) is 34.7 Å². The van der Waals surface area contributed by atoms with Crippen LogP contribution in [0.15, 0.2) is 24.3 Å². The number of aliphatic hydroxyl groups excluding tert-OH is 1. The van der Waals surface area contributed by atoms with Crippen molar-refractivity contribution < 1.29 is 10.2 Å². The van der Waals surface area contributed by atoms with Crippen LogP contribution < -0.4 is 10.4 Å². The van der Waals surface area contributed by atoms with Crippen LogP contribution in [0.1, 0.15) is 0 Å². The summed E-state index contributed by atoms with van der Waals surface area (Å²) in [6.07, 6.45) is 0. The number of aliphatic hydroxyl groups is 2. The summed E-state index contributed by atoms with van der Waals surface area (Å²) in [4.78, 5) is 0. The van der Waals surface area contributed by atoms with Crippen LogP contribution in [-0.4, -0.2) is 18.3 Å². The van der Waals surface area contributed by atoms with E-state index in [1.165, 1.54) is 0 Å². The van der Waals surface area contributed by atoms with Gasteiger partial charge in [0, 0.05) is 0 Å². The Labute approximate surface area is 84.8 Å². The van der Waals surface area contributed by atoms with Gasteiger partial charge >= 0.3 is 0 Å². The summed E-state index contributed by atoms with van der Waals surface area (Å²) in [5.74, 6) is -0.602. The summed E-state index contributed by atoms with van der Waals surface area (Å²) in [6, 6.07) is 7.31. The van der Waals surface area contributed by atoms with Gasteiger partial charge in [-0.15, -0.1) is 0 Å². The molecule has 76 valence electrons. The Morgan fingerprint density at radius 3 is 2.21 bits per heavy atom. The highest BCUT2D eigenvalue weighted by molar-refractivity contribution is 6.88. The third-order valence-corrected chi connectivity index (χ3v) is 2.97. The second kappa shape index (κ2) is 3.88. The fourth-order valence-corrected chi connectivity index (χ4v) is 2.48. The fraction of sp³-hybridized carbons (Fsp3) is 0.273. The zero-order valence-corrected chi connectivity index (χ0v) is 9.78. The van der Waals surface area contributed by atoms with Crippen molar-refractivity contribution in [2.45, 2.75) is 19.6 Å². The molecular formula is C11H16O2Si. The first kappa shape index (κ1) is 10.9. The molecule has 0 saturated heterocycles. The lowest BCUT2D eigenvalue weighted by Gasteiger charge is -2.08. The quantitative estimate of drug-likeness (QED) is 0.687. The minimum atomic E-state index is -1.34. The summed E-state index contributed by atoms with van der Waals surface area (Å²) in [5.41, 5.74) is 2.15. The van der Waals surface area contributed by atoms with Gasteiger partial charge in [0.25, 0.3) is 5.95 Å². The molecule has 14 heavy (non-hydrogen) atoms. The van der Waals surface area contributed by atoms with Crippen molar-refractivity contribution in [3.63, 3.8) is 0 Å². The molecule has 1 rings (SSSR count). The standard InChI is InChI=1S/C11H16O2Si/c1-14(2,3)8-9-6-4-5-7-10(9)11(12)13/h4-8,12-13H,1-3H3. The average Bonchev–Trinajstić information content (AvgIpc) is 2.01. The van der Waals surface area contributed by atoms with Crippen LogP contribution in [0.25, 0.3) is 11.6 Å². The average molecular weight is 208 g/mol. The SMILES string of the molecule is C[Si](C)(C)C=c1ccccc1=C(O)O. The van der Waals surface area contributed by atoms with Gasteiger partial charge in [0.2, 0.25) is 0 Å². The number of rotatable bonds is 1. The molecule has 3 heteroatoms. The molecule has 0 heterocycles. The molecule has 1 aromatic carbocycles. The highest BCUT2D eigenvalue weighted by atomic mass is 28.3. The van der Waals surface area contributed by atoms with Crippen LogP contribution in [-0.2, 0) is 0 Å². The summed E-state index contributed by atoms with van der Waals surface area (Å²) in [5, 5.41) is 19.6. The van der Waals surface area contributed by atoms with Crippen molar-refractivity contribution in [2.24, 2.45) is 0 Å². The maximum atomic E-state index is 9.07. The molecule has 0 fully saturated rings. The monoisotopic (exact) mass is 208 g/mol. The second-order valence-electron chi connectivity index (χ2n) is 4.42. The first-order valence-corrected chi connectivity index (χ1v) is 8.18. The highest BCUT2D eigenvalue weighted by Crippen LogP contribution is 2.00. The molecule has 0 amide bonds. The molecule has 0 radical (unpaired) electrons. The van der Waals surface area contributed by atoms with Gasteiger partial charge in [-0.3, -0.25) is 0 Å². The Morgan fingerprint density at radius 1 is 1.14 bits per heavy atom. The minimum Gasteiger partial charge on any atom is -0.481 e. The Hall–Kier alpha value is -1.22. The molecule has 0 aromatic heterocycles. The molecule has 0 saturated carbocycles. The highest BCUT2D eigenvalue weighted by Gasteiger charge is 2.07. The van der Waals surface area contributed by atoms with Crippen molar-refractivity contribution in [1.82, 2.24) is 0 Å². The van der Waals surface area contributed by atoms with E-state index in [2.05, 4.69) is 25.3 Å². The molecule has 0 atom stereocenters. The van der Waals surface area contributed by atoms with Gasteiger partial charge in [0.15, 0.2) is 0 Å². The van der Waals surface area contributed by atoms with Crippen molar-refractivity contribution in [2.75, 3.05) is 0 Å². The molecule has 0 aliphatic heterocycles. The molecule has 0 unspecified atom stereocenters. The topological polar surface area (TPSA) is 40.5 Å². The Bertz CT molecular complexity index is 425. The third-order valence-electron chi connectivity index (χ3n) is 1.79. The van der Waals surface area contributed by atoms with Gasteiger partial charge in [-0.05, 0) is 11.3 Å². The predicted octanol–water partition coefficient (Wildman–Crippen LogP) is 1.53. The number of hydrogen-bond acceptors (Lipinski definition) is 2. The molecule has 1 aromatic rings. The molecule has 0 aliphatic carbocycles. The van der Waals surface area contributed by atoms with E-state index in [1.54, 1.807) is 12.1 Å². The zero-order chi connectivity index (χ0) is 10.8. The van der Waals surface area contributed by atoms with Crippen LogP contribution in [0, 0.1) is 0 Å². The van der Waals surface area contributed by atoms with Crippen LogP contribution in [0.4, 0.5) is 0 Å². The van der Waals surface area contributed by atoms with E-state index in [0.29, 0.717) is 5.22 Å². The second-order valence-corrected chi connectivity index (χ2v) is 9.44. The van der Waals surface area contributed by atoms with Crippen LogP contribution in [0.3, 0.4) is 0 Å². The van der Waals surface area contributed by atoms with Crippen molar-refractivity contribution >= 4 is 19.7 Å². The van der Waals surface area contributed by atoms with Crippen LogP contribution in [0.5, 0.6) is 0 Å². The molecule has 0 aliphatic rings. The first-order valence-electron chi connectivity index (χ1n) is 4.60. The van der Waals surface area contributed by atoms with Gasteiger partial charge in [-0.1, -0.05) is 43.5 Å². The molecular weight excluding hydrogens is 192 g/mol. The van der Waals surface area contributed by atoms with Gasteiger partial charge in [0.1, 0.15) is 0 Å². The van der Waals surface area contributed by atoms with E-state index in [-0.39, 0.29) is 0 Å². The summed E-state index contributed by atoms with van der Waals surface area (Å²) >= 11 is 0. The van der Waals surface area contributed by atoms with Crippen molar-refractivity contribution in [3.8, 4) is 0 Å². The van der Waals surface area contributed by atoms with Crippen molar-refractivity contribution in [1.29, 1.82) is 0 Å². The zero-order valence-electron chi connectivity index (χ0n) is 8.78. The molecule has 2 nitrogen and oxygen atoms in total. The summed E-state index contributed by atoms with van der Waals surface area (Å²) in [7, 11) is -1.34. The third kappa shape index (κ3) is 2.92. The van der Waals surface area contributed by atoms with E-state index in [4.69, 9.17) is 10.2 Å². The van der Waals surface area contributed by atoms with E-state index >= 15 is 0 Å². The maximum absolute atomic E-state index is 9.07. The molecule has 2 N–H and O–H groups in total. The largest absolute Gasteiger partial charge is 0.481 e. The minimum absolute atomic E-state index is 0.509. The normalized spacial score (nSPS) is 12.9. The van der Waals surface area contributed by atoms with E-state index in [9.17, 15) is 0 Å². The van der Waals surface area contributed by atoms with Gasteiger partial charge < -0.3 is 10.2 Å². The summed E-state index contributed by atoms with van der Waals surface area (Å²) in [6.45, 7) is 6.62. The van der Waals surface area contributed by atoms with E-state index in [1.807, 2.05) is 12.1 Å². The van der Waals surface area contributed by atoms with E-state index in [0.717, 1.165) is 5.22 Å². The van der Waals surface area contributed by atoms with Gasteiger partial charge in [-0.2, -0.15) is 0 Å². The summed E-state index contributed by atoms with van der Waals surface area (Å²) < 4.78 is 0. The van der Waals surface area contributed by atoms with Gasteiger partial charge in [0.05, 0.1) is 13.3 Å². The van der Waals surface area contributed by atoms with E-state index < -0.39 is 14.0 Å². The predicted molar refractivity (Wildman–Crippen MR) is 62.2 cm³/mol. The lowest BCUT2D eigenvalue weighted by atomic mass is 10.2.